The Morgan fingerprint density at radius 3 is 1.04 bits per heavy atom. The maximum atomic E-state index is 12.7. The van der Waals surface area contributed by atoms with Crippen molar-refractivity contribution in [3.8, 4) is 0 Å². The zero-order chi connectivity index (χ0) is 40.5. The molecule has 0 aliphatic rings. The van der Waals surface area contributed by atoms with Crippen LogP contribution in [0.15, 0.2) is 0 Å². The molecule has 0 amide bonds. The Morgan fingerprint density at radius 2 is 0.691 bits per heavy atom. The van der Waals surface area contributed by atoms with Gasteiger partial charge in [0.2, 0.25) is 0 Å². The Bertz CT molecular complexity index is 841. The SMILES string of the molecule is CCCCCCCCCCCCCCC(=O)O[C@@H](COC(=O)CCCCCCCCCCCCC(C)C)COC(=O)CCCCCCCCCCC(C)CC. The highest BCUT2D eigenvalue weighted by Crippen LogP contribution is 2.17. The van der Waals surface area contributed by atoms with Gasteiger partial charge in [0.25, 0.3) is 0 Å². The summed E-state index contributed by atoms with van der Waals surface area (Å²) in [6, 6.07) is 0. The third-order valence-corrected chi connectivity index (χ3v) is 11.3. The normalized spacial score (nSPS) is 12.5. The highest BCUT2D eigenvalue weighted by molar-refractivity contribution is 5.71. The molecule has 0 rings (SSSR count). The molecule has 0 aliphatic carbocycles. The van der Waals surface area contributed by atoms with E-state index in [1.807, 2.05) is 0 Å². The summed E-state index contributed by atoms with van der Waals surface area (Å²) >= 11 is 0. The molecule has 6 heteroatoms. The van der Waals surface area contributed by atoms with E-state index < -0.39 is 6.10 Å². The van der Waals surface area contributed by atoms with Crippen molar-refractivity contribution in [1.82, 2.24) is 0 Å². The molecule has 55 heavy (non-hydrogen) atoms. The first-order valence-corrected chi connectivity index (χ1v) is 24.3. The van der Waals surface area contributed by atoms with Gasteiger partial charge in [-0.25, -0.2) is 0 Å². The molecule has 0 saturated carbocycles. The zero-order valence-corrected chi connectivity index (χ0v) is 37.6. The molecule has 0 radical (unpaired) electrons. The second-order valence-corrected chi connectivity index (χ2v) is 17.5. The molecule has 2 atom stereocenters. The van der Waals surface area contributed by atoms with E-state index in [1.54, 1.807) is 0 Å². The van der Waals surface area contributed by atoms with Crippen LogP contribution in [-0.4, -0.2) is 37.2 Å². The first kappa shape index (κ1) is 53.4. The highest BCUT2D eigenvalue weighted by atomic mass is 16.6. The summed E-state index contributed by atoms with van der Waals surface area (Å²) in [6.07, 6.45) is 40.8. The Labute approximate surface area is 342 Å². The Balaban J connectivity index is 4.34. The lowest BCUT2D eigenvalue weighted by molar-refractivity contribution is -0.167. The van der Waals surface area contributed by atoms with E-state index >= 15 is 0 Å². The van der Waals surface area contributed by atoms with E-state index in [0.717, 1.165) is 69.6 Å². The van der Waals surface area contributed by atoms with Crippen LogP contribution in [-0.2, 0) is 28.6 Å². The quantitative estimate of drug-likeness (QED) is 0.0348. The average molecular weight is 779 g/mol. The van der Waals surface area contributed by atoms with Crippen LogP contribution in [0.1, 0.15) is 266 Å². The van der Waals surface area contributed by atoms with E-state index in [9.17, 15) is 14.4 Å². The molecular formula is C49H94O6. The minimum atomic E-state index is -0.761. The summed E-state index contributed by atoms with van der Waals surface area (Å²) in [6.45, 7) is 11.3. The van der Waals surface area contributed by atoms with Crippen molar-refractivity contribution in [1.29, 1.82) is 0 Å². The van der Waals surface area contributed by atoms with Crippen LogP contribution in [0.4, 0.5) is 0 Å². The molecule has 0 spiro atoms. The molecular weight excluding hydrogens is 685 g/mol. The third-order valence-electron chi connectivity index (χ3n) is 11.3. The van der Waals surface area contributed by atoms with Crippen LogP contribution < -0.4 is 0 Å². The Morgan fingerprint density at radius 1 is 0.382 bits per heavy atom. The first-order valence-electron chi connectivity index (χ1n) is 24.3. The summed E-state index contributed by atoms with van der Waals surface area (Å²) in [5.41, 5.74) is 0. The minimum Gasteiger partial charge on any atom is -0.462 e. The van der Waals surface area contributed by atoms with Crippen molar-refractivity contribution in [2.24, 2.45) is 11.8 Å². The first-order chi connectivity index (χ1) is 26.8. The standard InChI is InChI=1S/C49H94O6/c1-6-8-9-10-11-12-13-14-19-26-31-36-41-49(52)55-46(43-54-48(51)40-35-30-25-21-20-23-28-33-38-45(5)7-2)42-53-47(50)39-34-29-24-18-16-15-17-22-27-32-37-44(3)4/h44-46H,6-43H2,1-5H3/t45?,46-/m0/s1. The molecule has 0 heterocycles. The lowest BCUT2D eigenvalue weighted by Crippen LogP contribution is -2.30. The predicted octanol–water partition coefficient (Wildman–Crippen LogP) is 15.4. The van der Waals surface area contributed by atoms with E-state index in [0.29, 0.717) is 19.3 Å². The van der Waals surface area contributed by atoms with Gasteiger partial charge in [0.05, 0.1) is 0 Å². The summed E-state index contributed by atoms with van der Waals surface area (Å²) in [5, 5.41) is 0. The maximum Gasteiger partial charge on any atom is 0.306 e. The molecule has 0 saturated heterocycles. The van der Waals surface area contributed by atoms with E-state index in [4.69, 9.17) is 14.2 Å². The van der Waals surface area contributed by atoms with Crippen molar-refractivity contribution in [3.63, 3.8) is 0 Å². The van der Waals surface area contributed by atoms with Crippen molar-refractivity contribution in [2.75, 3.05) is 13.2 Å². The molecule has 0 aliphatic heterocycles. The Hall–Kier alpha value is -1.59. The number of hydrogen-bond acceptors (Lipinski definition) is 6. The smallest absolute Gasteiger partial charge is 0.306 e. The number of esters is 3. The fourth-order valence-electron chi connectivity index (χ4n) is 7.25. The summed E-state index contributed by atoms with van der Waals surface area (Å²) in [7, 11) is 0. The highest BCUT2D eigenvalue weighted by Gasteiger charge is 2.19. The van der Waals surface area contributed by atoms with Gasteiger partial charge in [-0.15, -0.1) is 0 Å². The summed E-state index contributed by atoms with van der Waals surface area (Å²) in [4.78, 5) is 37.8. The largest absolute Gasteiger partial charge is 0.462 e. The maximum absolute atomic E-state index is 12.7. The molecule has 0 bridgehead atoms. The van der Waals surface area contributed by atoms with Crippen molar-refractivity contribution < 1.29 is 28.6 Å². The van der Waals surface area contributed by atoms with Gasteiger partial charge in [0, 0.05) is 19.3 Å². The second-order valence-electron chi connectivity index (χ2n) is 17.5. The fraction of sp³-hybridized carbons (Fsp3) is 0.939. The Kier molecular flexibility index (Phi) is 40.8. The van der Waals surface area contributed by atoms with E-state index in [1.165, 1.54) is 154 Å². The molecule has 0 fully saturated rings. The molecule has 6 nitrogen and oxygen atoms in total. The summed E-state index contributed by atoms with van der Waals surface area (Å²) in [5.74, 6) is 0.812. The van der Waals surface area contributed by atoms with Crippen LogP contribution in [0.3, 0.4) is 0 Å². The average Bonchev–Trinajstić information content (AvgIpc) is 3.17. The van der Waals surface area contributed by atoms with E-state index in [-0.39, 0.29) is 31.1 Å². The van der Waals surface area contributed by atoms with E-state index in [2.05, 4.69) is 34.6 Å². The van der Waals surface area contributed by atoms with Gasteiger partial charge < -0.3 is 14.2 Å². The molecule has 326 valence electrons. The second kappa shape index (κ2) is 42.0. The van der Waals surface area contributed by atoms with Gasteiger partial charge in [-0.2, -0.15) is 0 Å². The topological polar surface area (TPSA) is 78.9 Å². The number of carbonyl (C=O) groups excluding carboxylic acids is 3. The van der Waals surface area contributed by atoms with Crippen LogP contribution >= 0.6 is 0 Å². The molecule has 0 aromatic heterocycles. The fourth-order valence-corrected chi connectivity index (χ4v) is 7.25. The monoisotopic (exact) mass is 779 g/mol. The predicted molar refractivity (Wildman–Crippen MR) is 233 cm³/mol. The number of hydrogen-bond donors (Lipinski definition) is 0. The molecule has 0 aromatic carbocycles. The number of unbranched alkanes of at least 4 members (excludes halogenated alkanes) is 27. The number of carbonyl (C=O) groups is 3. The zero-order valence-electron chi connectivity index (χ0n) is 37.6. The third kappa shape index (κ3) is 41.9. The van der Waals surface area contributed by atoms with Gasteiger partial charge in [0.15, 0.2) is 6.10 Å². The van der Waals surface area contributed by atoms with Crippen molar-refractivity contribution in [3.05, 3.63) is 0 Å². The van der Waals surface area contributed by atoms with Crippen LogP contribution in [0.2, 0.25) is 0 Å². The van der Waals surface area contributed by atoms with Gasteiger partial charge in [0.1, 0.15) is 13.2 Å². The van der Waals surface area contributed by atoms with Crippen molar-refractivity contribution >= 4 is 17.9 Å². The van der Waals surface area contributed by atoms with Gasteiger partial charge in [-0.05, 0) is 31.1 Å². The summed E-state index contributed by atoms with van der Waals surface area (Å²) < 4.78 is 16.8. The molecule has 1 unspecified atom stereocenters. The molecule has 0 N–H and O–H groups in total. The van der Waals surface area contributed by atoms with Crippen LogP contribution in [0, 0.1) is 11.8 Å². The lowest BCUT2D eigenvalue weighted by atomic mass is 9.99. The van der Waals surface area contributed by atoms with Gasteiger partial charge in [-0.3, -0.25) is 14.4 Å². The van der Waals surface area contributed by atoms with Gasteiger partial charge in [-0.1, -0.05) is 227 Å². The minimum absolute atomic E-state index is 0.0647. The van der Waals surface area contributed by atoms with Gasteiger partial charge >= 0.3 is 17.9 Å². The lowest BCUT2D eigenvalue weighted by Gasteiger charge is -2.18. The molecule has 0 aromatic rings. The van der Waals surface area contributed by atoms with Crippen molar-refractivity contribution in [2.45, 2.75) is 272 Å². The van der Waals surface area contributed by atoms with Crippen LogP contribution in [0.25, 0.3) is 0 Å². The van der Waals surface area contributed by atoms with Crippen LogP contribution in [0.5, 0.6) is 0 Å². The number of ether oxygens (including phenoxy) is 3. The number of rotatable bonds is 43.